The maximum atomic E-state index is 13.6. The van der Waals surface area contributed by atoms with E-state index in [0.717, 1.165) is 16.9 Å². The van der Waals surface area contributed by atoms with Gasteiger partial charge >= 0.3 is 0 Å². The minimum atomic E-state index is -4.03. The van der Waals surface area contributed by atoms with Crippen LogP contribution in [0.15, 0.2) is 82.6 Å². The number of benzene rings is 3. The molecule has 0 unspecified atom stereocenters. The Bertz CT molecular complexity index is 1440. The summed E-state index contributed by atoms with van der Waals surface area (Å²) in [4.78, 5) is 13.4. The van der Waals surface area contributed by atoms with Gasteiger partial charge in [0.2, 0.25) is 15.6 Å². The van der Waals surface area contributed by atoms with Crippen LogP contribution in [0.4, 0.5) is 16.4 Å². The Morgan fingerprint density at radius 2 is 1.59 bits per heavy atom. The SMILES string of the molecule is COc1ccc(C(=O)c2sc(Nc3ccc(Cl)cc3)c(S(=O)(=O)c3ccc(C)cc3)c2N)cc1. The molecule has 0 aliphatic rings. The third-order valence-electron chi connectivity index (χ3n) is 5.16. The highest BCUT2D eigenvalue weighted by Gasteiger charge is 2.31. The fourth-order valence-electron chi connectivity index (χ4n) is 3.32. The number of nitrogens with two attached hydrogens (primary N) is 1. The first-order valence-electron chi connectivity index (χ1n) is 10.2. The predicted molar refractivity (Wildman–Crippen MR) is 137 cm³/mol. The van der Waals surface area contributed by atoms with Crippen LogP contribution >= 0.6 is 22.9 Å². The van der Waals surface area contributed by atoms with E-state index < -0.39 is 9.84 Å². The standard InChI is InChI=1S/C25H21ClN2O4S2/c1-15-3-13-20(14-4-15)34(30,31)24-21(27)23(22(29)16-5-11-19(32-2)12-6-16)33-25(24)28-18-9-7-17(26)8-10-18/h3-14,28H,27H2,1-2H3. The summed E-state index contributed by atoms with van der Waals surface area (Å²) < 4.78 is 32.4. The minimum absolute atomic E-state index is 0.0882. The number of halogens is 1. The number of rotatable bonds is 7. The van der Waals surface area contributed by atoms with E-state index in [1.807, 2.05) is 6.92 Å². The van der Waals surface area contributed by atoms with Crippen molar-refractivity contribution in [2.24, 2.45) is 0 Å². The Kier molecular flexibility index (Phi) is 6.65. The van der Waals surface area contributed by atoms with Gasteiger partial charge in [-0.1, -0.05) is 29.3 Å². The molecule has 0 spiro atoms. The summed E-state index contributed by atoms with van der Waals surface area (Å²) in [7, 11) is -2.49. The van der Waals surface area contributed by atoms with E-state index in [-0.39, 0.29) is 31.1 Å². The molecule has 4 aromatic rings. The number of carbonyl (C=O) groups is 1. The van der Waals surface area contributed by atoms with Crippen LogP contribution in [-0.2, 0) is 9.84 Å². The van der Waals surface area contributed by atoms with Gasteiger partial charge in [-0.05, 0) is 67.6 Å². The van der Waals surface area contributed by atoms with Gasteiger partial charge in [-0.15, -0.1) is 11.3 Å². The van der Waals surface area contributed by atoms with Crippen molar-refractivity contribution in [3.05, 3.63) is 93.8 Å². The molecule has 174 valence electrons. The Hall–Kier alpha value is -3.33. The summed E-state index contributed by atoms with van der Waals surface area (Å²) in [5, 5.41) is 3.89. The average Bonchev–Trinajstić information content (AvgIpc) is 3.16. The van der Waals surface area contributed by atoms with Gasteiger partial charge in [0.1, 0.15) is 20.5 Å². The molecule has 0 aliphatic heterocycles. The molecule has 34 heavy (non-hydrogen) atoms. The van der Waals surface area contributed by atoms with Crippen LogP contribution < -0.4 is 15.8 Å². The Labute approximate surface area is 206 Å². The van der Waals surface area contributed by atoms with Crippen LogP contribution in [0.1, 0.15) is 20.8 Å². The van der Waals surface area contributed by atoms with E-state index in [9.17, 15) is 13.2 Å². The third-order valence-corrected chi connectivity index (χ3v) is 8.52. The number of ketones is 1. The van der Waals surface area contributed by atoms with Gasteiger partial charge in [0.05, 0.1) is 17.7 Å². The molecule has 0 radical (unpaired) electrons. The molecule has 3 N–H and O–H groups in total. The summed E-state index contributed by atoms with van der Waals surface area (Å²) in [5.74, 6) is 0.220. The summed E-state index contributed by atoms with van der Waals surface area (Å²) in [6.07, 6.45) is 0. The van der Waals surface area contributed by atoms with Crippen molar-refractivity contribution in [2.45, 2.75) is 16.7 Å². The zero-order chi connectivity index (χ0) is 24.5. The van der Waals surface area contributed by atoms with E-state index in [1.54, 1.807) is 60.7 Å². The number of sulfone groups is 1. The van der Waals surface area contributed by atoms with E-state index >= 15 is 0 Å². The van der Waals surface area contributed by atoms with Crippen molar-refractivity contribution in [3.8, 4) is 5.75 Å². The van der Waals surface area contributed by atoms with Crippen LogP contribution in [0.3, 0.4) is 0 Å². The number of anilines is 3. The van der Waals surface area contributed by atoms with Crippen molar-refractivity contribution >= 4 is 54.9 Å². The maximum absolute atomic E-state index is 13.6. The first kappa shape index (κ1) is 23.8. The summed E-state index contributed by atoms with van der Waals surface area (Å²) in [5.41, 5.74) is 8.16. The van der Waals surface area contributed by atoms with Crippen molar-refractivity contribution in [3.63, 3.8) is 0 Å². The molecule has 4 rings (SSSR count). The second-order valence-corrected chi connectivity index (χ2v) is 10.9. The topological polar surface area (TPSA) is 98.5 Å². The molecule has 0 amide bonds. The average molecular weight is 513 g/mol. The molecule has 6 nitrogen and oxygen atoms in total. The number of methoxy groups -OCH3 is 1. The van der Waals surface area contributed by atoms with Crippen molar-refractivity contribution in [1.29, 1.82) is 0 Å². The summed E-state index contributed by atoms with van der Waals surface area (Å²) in [6.45, 7) is 1.87. The maximum Gasteiger partial charge on any atom is 0.211 e. The molecule has 1 heterocycles. The van der Waals surface area contributed by atoms with Gasteiger partial charge < -0.3 is 15.8 Å². The molecule has 0 fully saturated rings. The fraction of sp³-hybridized carbons (Fsp3) is 0.0800. The highest BCUT2D eigenvalue weighted by molar-refractivity contribution is 7.92. The number of hydrogen-bond donors (Lipinski definition) is 2. The Morgan fingerprint density at radius 3 is 2.18 bits per heavy atom. The summed E-state index contributed by atoms with van der Waals surface area (Å²) >= 11 is 6.97. The number of aryl methyl sites for hydroxylation is 1. The van der Waals surface area contributed by atoms with Crippen molar-refractivity contribution in [1.82, 2.24) is 0 Å². The second kappa shape index (κ2) is 9.50. The number of nitrogen functional groups attached to an aromatic ring is 1. The largest absolute Gasteiger partial charge is 0.497 e. The summed E-state index contributed by atoms with van der Waals surface area (Å²) in [6, 6.07) is 19.8. The van der Waals surface area contributed by atoms with Gasteiger partial charge in [-0.3, -0.25) is 4.79 Å². The molecule has 0 atom stereocenters. The lowest BCUT2D eigenvalue weighted by atomic mass is 10.1. The lowest BCUT2D eigenvalue weighted by molar-refractivity contribution is 0.104. The monoisotopic (exact) mass is 512 g/mol. The fourth-order valence-corrected chi connectivity index (χ4v) is 6.38. The quantitative estimate of drug-likeness (QED) is 0.290. The molecular formula is C25H21ClN2O4S2. The normalized spacial score (nSPS) is 11.3. The van der Waals surface area contributed by atoms with Gasteiger partial charge in [0.15, 0.2) is 0 Å². The van der Waals surface area contributed by atoms with Crippen LogP contribution in [0.2, 0.25) is 5.02 Å². The molecule has 0 saturated heterocycles. The molecule has 0 saturated carbocycles. The molecule has 9 heteroatoms. The van der Waals surface area contributed by atoms with Gasteiger partial charge in [-0.2, -0.15) is 0 Å². The highest BCUT2D eigenvalue weighted by Crippen LogP contribution is 2.44. The smallest absolute Gasteiger partial charge is 0.211 e. The Morgan fingerprint density at radius 1 is 0.971 bits per heavy atom. The molecule has 3 aromatic carbocycles. The second-order valence-electron chi connectivity index (χ2n) is 7.51. The van der Waals surface area contributed by atoms with Crippen molar-refractivity contribution < 1.29 is 17.9 Å². The first-order valence-corrected chi connectivity index (χ1v) is 12.8. The lowest BCUT2D eigenvalue weighted by Crippen LogP contribution is -2.08. The third kappa shape index (κ3) is 4.65. The number of nitrogens with one attached hydrogen (secondary N) is 1. The predicted octanol–water partition coefficient (Wildman–Crippen LogP) is 6.11. The zero-order valence-electron chi connectivity index (χ0n) is 18.3. The zero-order valence-corrected chi connectivity index (χ0v) is 20.7. The number of ether oxygens (including phenoxy) is 1. The minimum Gasteiger partial charge on any atom is -0.497 e. The number of carbonyl (C=O) groups excluding carboxylic acids is 1. The van der Waals surface area contributed by atoms with Gasteiger partial charge in [0.25, 0.3) is 0 Å². The molecule has 0 aliphatic carbocycles. The van der Waals surface area contributed by atoms with E-state index in [4.69, 9.17) is 22.1 Å². The van der Waals surface area contributed by atoms with Crippen LogP contribution in [0.25, 0.3) is 0 Å². The number of thiophene rings is 1. The molecule has 1 aromatic heterocycles. The van der Waals surface area contributed by atoms with Crippen LogP contribution in [0, 0.1) is 6.92 Å². The molecule has 0 bridgehead atoms. The van der Waals surface area contributed by atoms with Crippen molar-refractivity contribution in [2.75, 3.05) is 18.2 Å². The van der Waals surface area contributed by atoms with Crippen LogP contribution in [0.5, 0.6) is 5.75 Å². The van der Waals surface area contributed by atoms with E-state index in [2.05, 4.69) is 5.32 Å². The lowest BCUT2D eigenvalue weighted by Gasteiger charge is -2.10. The number of hydrogen-bond acceptors (Lipinski definition) is 7. The van der Waals surface area contributed by atoms with Crippen LogP contribution in [-0.4, -0.2) is 21.3 Å². The molecular weight excluding hydrogens is 492 g/mol. The van der Waals surface area contributed by atoms with E-state index in [0.29, 0.717) is 22.0 Å². The van der Waals surface area contributed by atoms with E-state index in [1.165, 1.54) is 19.2 Å². The Balaban J connectivity index is 1.85. The first-order chi connectivity index (χ1) is 16.2. The van der Waals surface area contributed by atoms with Gasteiger partial charge in [0, 0.05) is 16.3 Å². The van der Waals surface area contributed by atoms with Gasteiger partial charge in [-0.25, -0.2) is 8.42 Å². The highest BCUT2D eigenvalue weighted by atomic mass is 35.5.